The lowest BCUT2D eigenvalue weighted by molar-refractivity contribution is -0.144. The summed E-state index contributed by atoms with van der Waals surface area (Å²) in [5.41, 5.74) is 5.35. The fourth-order valence-electron chi connectivity index (χ4n) is 4.94. The van der Waals surface area contributed by atoms with E-state index in [2.05, 4.69) is 28.1 Å². The van der Waals surface area contributed by atoms with Crippen molar-refractivity contribution in [2.45, 2.75) is 45.2 Å². The molecule has 3 aromatic carbocycles. The lowest BCUT2D eigenvalue weighted by Gasteiger charge is -2.34. The fraction of sp³-hybridized carbons (Fsp3) is 0.290. The molecule has 0 amide bonds. The number of hydrogen-bond donors (Lipinski definition) is 1. The fourth-order valence-corrected chi connectivity index (χ4v) is 4.94. The second kappa shape index (κ2) is 11.4. The molecule has 5 rings (SSSR count). The van der Waals surface area contributed by atoms with Gasteiger partial charge in [-0.05, 0) is 73.7 Å². The van der Waals surface area contributed by atoms with Gasteiger partial charge in [-0.3, -0.25) is 9.69 Å². The number of fused-ring (bicyclic) bond motifs is 1. The van der Waals surface area contributed by atoms with Gasteiger partial charge in [-0.25, -0.2) is 4.98 Å². The molecule has 190 valence electrons. The number of nitrogens with zero attached hydrogens (tertiary/aromatic N) is 2. The highest BCUT2D eigenvalue weighted by molar-refractivity contribution is 5.74. The lowest BCUT2D eigenvalue weighted by Crippen LogP contribution is -2.46. The van der Waals surface area contributed by atoms with Gasteiger partial charge in [0.1, 0.15) is 17.6 Å². The summed E-state index contributed by atoms with van der Waals surface area (Å²) < 4.78 is 11.9. The first-order valence-electron chi connectivity index (χ1n) is 12.8. The lowest BCUT2D eigenvalue weighted by atomic mass is 9.93. The molecule has 0 saturated heterocycles. The van der Waals surface area contributed by atoms with Crippen LogP contribution in [-0.2, 0) is 30.6 Å². The van der Waals surface area contributed by atoms with Gasteiger partial charge in [0.05, 0.1) is 12.3 Å². The van der Waals surface area contributed by atoms with Crippen LogP contribution in [0.1, 0.15) is 34.6 Å². The molecule has 0 bridgehead atoms. The molecule has 6 nitrogen and oxygen atoms in total. The number of ether oxygens (including phenoxy) is 1. The van der Waals surface area contributed by atoms with Crippen LogP contribution < -0.4 is 4.74 Å². The minimum atomic E-state index is -0.761. The molecule has 1 aliphatic heterocycles. The van der Waals surface area contributed by atoms with E-state index in [1.165, 1.54) is 5.56 Å². The second-order valence-electron chi connectivity index (χ2n) is 9.53. The summed E-state index contributed by atoms with van der Waals surface area (Å²) in [5.74, 6) is 1.46. The third kappa shape index (κ3) is 6.09. The van der Waals surface area contributed by atoms with Crippen molar-refractivity contribution in [3.05, 3.63) is 107 Å². The van der Waals surface area contributed by atoms with E-state index in [1.807, 2.05) is 67.6 Å². The molecule has 0 spiro atoms. The molecule has 0 radical (unpaired) electrons. The summed E-state index contributed by atoms with van der Waals surface area (Å²) in [6.07, 6.45) is 3.01. The molecule has 0 fully saturated rings. The molecule has 1 aliphatic rings. The van der Waals surface area contributed by atoms with Gasteiger partial charge in [-0.2, -0.15) is 0 Å². The van der Waals surface area contributed by atoms with Crippen molar-refractivity contribution in [1.29, 1.82) is 0 Å². The van der Waals surface area contributed by atoms with Crippen molar-refractivity contribution in [3.63, 3.8) is 0 Å². The van der Waals surface area contributed by atoms with Gasteiger partial charge in [-0.1, -0.05) is 54.6 Å². The minimum Gasteiger partial charge on any atom is -0.493 e. The summed E-state index contributed by atoms with van der Waals surface area (Å²) in [6, 6.07) is 25.7. The molecule has 1 atom stereocenters. The van der Waals surface area contributed by atoms with E-state index in [0.717, 1.165) is 53.3 Å². The Morgan fingerprint density at radius 1 is 1.03 bits per heavy atom. The number of benzene rings is 3. The maximum absolute atomic E-state index is 12.0. The Morgan fingerprint density at radius 3 is 2.54 bits per heavy atom. The van der Waals surface area contributed by atoms with Gasteiger partial charge in [-0.15, -0.1) is 0 Å². The van der Waals surface area contributed by atoms with Crippen LogP contribution in [0.15, 0.2) is 83.3 Å². The number of aromatic nitrogens is 1. The van der Waals surface area contributed by atoms with Gasteiger partial charge >= 0.3 is 5.97 Å². The number of aliphatic carboxylic acids is 1. The quantitative estimate of drug-likeness (QED) is 0.303. The molecule has 1 N–H and O–H groups in total. The van der Waals surface area contributed by atoms with E-state index in [0.29, 0.717) is 31.9 Å². The SMILES string of the molecule is Cc1oc(-c2ccccc2)nc1CCOc1ccc2c(c1)CN(CCCc1ccccc1)[C@H](C(=O)O)C2. The van der Waals surface area contributed by atoms with E-state index < -0.39 is 12.0 Å². The van der Waals surface area contributed by atoms with E-state index >= 15 is 0 Å². The summed E-state index contributed by atoms with van der Waals surface area (Å²) in [6.45, 7) is 3.77. The van der Waals surface area contributed by atoms with E-state index in [9.17, 15) is 9.90 Å². The van der Waals surface area contributed by atoms with Gasteiger partial charge in [0.25, 0.3) is 0 Å². The molecule has 0 unspecified atom stereocenters. The van der Waals surface area contributed by atoms with Crippen molar-refractivity contribution in [3.8, 4) is 17.2 Å². The molecule has 6 heteroatoms. The highest BCUT2D eigenvalue weighted by Gasteiger charge is 2.31. The Hall–Kier alpha value is -3.90. The van der Waals surface area contributed by atoms with E-state index in [-0.39, 0.29) is 0 Å². The van der Waals surface area contributed by atoms with Gasteiger partial charge in [0.15, 0.2) is 0 Å². The zero-order valence-electron chi connectivity index (χ0n) is 21.1. The average Bonchev–Trinajstić information content (AvgIpc) is 3.29. The average molecular weight is 497 g/mol. The first-order valence-corrected chi connectivity index (χ1v) is 12.8. The Labute approximate surface area is 217 Å². The Bertz CT molecular complexity index is 1330. The number of rotatable bonds is 10. The molecule has 1 aromatic heterocycles. The van der Waals surface area contributed by atoms with Crippen LogP contribution in [0.2, 0.25) is 0 Å². The van der Waals surface area contributed by atoms with Crippen molar-refractivity contribution < 1.29 is 19.1 Å². The van der Waals surface area contributed by atoms with E-state index in [4.69, 9.17) is 9.15 Å². The highest BCUT2D eigenvalue weighted by atomic mass is 16.5. The monoisotopic (exact) mass is 496 g/mol. The first kappa shape index (κ1) is 24.8. The summed E-state index contributed by atoms with van der Waals surface area (Å²) in [4.78, 5) is 18.7. The predicted octanol–water partition coefficient (Wildman–Crippen LogP) is 5.72. The maximum Gasteiger partial charge on any atom is 0.321 e. The third-order valence-electron chi connectivity index (χ3n) is 6.96. The highest BCUT2D eigenvalue weighted by Crippen LogP contribution is 2.28. The van der Waals surface area contributed by atoms with Crippen molar-refractivity contribution in [2.24, 2.45) is 0 Å². The predicted molar refractivity (Wildman–Crippen MR) is 143 cm³/mol. The maximum atomic E-state index is 12.0. The largest absolute Gasteiger partial charge is 0.493 e. The van der Waals surface area contributed by atoms with Gasteiger partial charge in [0.2, 0.25) is 5.89 Å². The molecule has 0 saturated carbocycles. The van der Waals surface area contributed by atoms with Crippen molar-refractivity contribution in [2.75, 3.05) is 13.2 Å². The smallest absolute Gasteiger partial charge is 0.321 e. The zero-order chi connectivity index (χ0) is 25.6. The second-order valence-corrected chi connectivity index (χ2v) is 9.53. The molecule has 0 aliphatic carbocycles. The zero-order valence-corrected chi connectivity index (χ0v) is 21.1. The number of aryl methyl sites for hydroxylation is 2. The molecule has 4 aromatic rings. The number of carboxylic acid groups (broad SMARTS) is 1. The van der Waals surface area contributed by atoms with Crippen LogP contribution in [-0.4, -0.2) is 40.2 Å². The van der Waals surface area contributed by atoms with Crippen molar-refractivity contribution in [1.82, 2.24) is 9.88 Å². The van der Waals surface area contributed by atoms with Crippen LogP contribution in [0.3, 0.4) is 0 Å². The first-order chi connectivity index (χ1) is 18.1. The molecule has 37 heavy (non-hydrogen) atoms. The van der Waals surface area contributed by atoms with Gasteiger partial charge < -0.3 is 14.3 Å². The van der Waals surface area contributed by atoms with Gasteiger partial charge in [0, 0.05) is 18.5 Å². The van der Waals surface area contributed by atoms with Crippen LogP contribution in [0, 0.1) is 6.92 Å². The summed E-state index contributed by atoms with van der Waals surface area (Å²) in [7, 11) is 0. The Balaban J connectivity index is 1.20. The van der Waals surface area contributed by atoms with Crippen LogP contribution in [0.25, 0.3) is 11.5 Å². The van der Waals surface area contributed by atoms with Crippen molar-refractivity contribution >= 4 is 5.97 Å². The summed E-state index contributed by atoms with van der Waals surface area (Å²) >= 11 is 0. The number of carboxylic acids is 1. The van der Waals surface area contributed by atoms with Crippen LogP contribution in [0.5, 0.6) is 5.75 Å². The number of oxazole rings is 1. The van der Waals surface area contributed by atoms with E-state index in [1.54, 1.807) is 0 Å². The molecular formula is C31H32N2O4. The van der Waals surface area contributed by atoms with Crippen LogP contribution in [0.4, 0.5) is 0 Å². The number of carbonyl (C=O) groups is 1. The molecule has 2 heterocycles. The minimum absolute atomic E-state index is 0.485. The third-order valence-corrected chi connectivity index (χ3v) is 6.96. The Kier molecular flexibility index (Phi) is 7.66. The summed E-state index contributed by atoms with van der Waals surface area (Å²) in [5, 5.41) is 9.85. The number of hydrogen-bond acceptors (Lipinski definition) is 5. The van der Waals surface area contributed by atoms with Crippen LogP contribution >= 0.6 is 0 Å². The topological polar surface area (TPSA) is 75.8 Å². The normalized spacial score (nSPS) is 15.3. The Morgan fingerprint density at radius 2 is 1.78 bits per heavy atom. The molecular weight excluding hydrogens is 464 g/mol. The standard InChI is InChI=1S/C31H32N2O4/c1-22-28(32-30(37-22)24-12-6-3-7-13-24)16-18-36-27-15-14-25-20-29(31(34)35)33(21-26(25)19-27)17-8-11-23-9-4-2-5-10-23/h2-7,9-10,12-15,19,29H,8,11,16-18,20-21H2,1H3,(H,34,35)/t29-/m0/s1.